The molecule has 1 atom stereocenters. The van der Waals surface area contributed by atoms with Gasteiger partial charge in [-0.15, -0.1) is 0 Å². The Kier molecular flexibility index (Phi) is 8.09. The van der Waals surface area contributed by atoms with Crippen molar-refractivity contribution >= 4 is 29.2 Å². The van der Waals surface area contributed by atoms with Gasteiger partial charge in [-0.2, -0.15) is 0 Å². The molecule has 1 aliphatic heterocycles. The van der Waals surface area contributed by atoms with E-state index in [0.717, 1.165) is 27.9 Å². The number of nitrogens with two attached hydrogens (primary N) is 2. The Morgan fingerprint density at radius 2 is 1.68 bits per heavy atom. The lowest BCUT2D eigenvalue weighted by molar-refractivity contribution is -0.128. The lowest BCUT2D eigenvalue weighted by Crippen LogP contribution is -2.49. The van der Waals surface area contributed by atoms with Crippen molar-refractivity contribution in [3.63, 3.8) is 0 Å². The van der Waals surface area contributed by atoms with Crippen LogP contribution >= 0.6 is 0 Å². The van der Waals surface area contributed by atoms with Crippen LogP contribution in [0.1, 0.15) is 37.8 Å². The molecular weight excluding hydrogens is 480 g/mol. The van der Waals surface area contributed by atoms with E-state index in [1.165, 1.54) is 0 Å². The number of para-hydroxylation sites is 2. The summed E-state index contributed by atoms with van der Waals surface area (Å²) >= 11 is 0. The number of nitrogens with one attached hydrogen (secondary N) is 3. The highest BCUT2D eigenvalue weighted by Gasteiger charge is 2.32. The van der Waals surface area contributed by atoms with Gasteiger partial charge >= 0.3 is 6.03 Å². The molecule has 9 heteroatoms. The van der Waals surface area contributed by atoms with Gasteiger partial charge in [0.1, 0.15) is 6.04 Å². The monoisotopic (exact) mass is 514 g/mol. The van der Waals surface area contributed by atoms with Crippen LogP contribution in [0, 0.1) is 0 Å². The number of urea groups is 1. The molecule has 4 amide bonds. The number of hydrazine groups is 1. The first-order valence-corrected chi connectivity index (χ1v) is 12.6. The number of nitrogens with zero attached hydrogens (tertiary/aromatic N) is 1. The van der Waals surface area contributed by atoms with E-state index in [9.17, 15) is 14.4 Å². The highest BCUT2D eigenvalue weighted by atomic mass is 16.2. The van der Waals surface area contributed by atoms with E-state index >= 15 is 0 Å². The van der Waals surface area contributed by atoms with Crippen LogP contribution < -0.4 is 32.5 Å². The minimum atomic E-state index is -0.662. The number of fused-ring (bicyclic) bond motifs is 1. The molecule has 1 heterocycles. The molecule has 0 unspecified atom stereocenters. The van der Waals surface area contributed by atoms with Gasteiger partial charge in [0.2, 0.25) is 11.8 Å². The van der Waals surface area contributed by atoms with Crippen molar-refractivity contribution in [3.8, 4) is 11.1 Å². The van der Waals surface area contributed by atoms with Crippen LogP contribution in [0.15, 0.2) is 72.8 Å². The van der Waals surface area contributed by atoms with Crippen LogP contribution in [-0.4, -0.2) is 29.4 Å². The summed E-state index contributed by atoms with van der Waals surface area (Å²) in [5, 5.41) is 5.64. The normalized spacial score (nSPS) is 15.3. The molecule has 9 nitrogen and oxygen atoms in total. The maximum Gasteiger partial charge on any atom is 0.333 e. The number of hydrogen-bond donors (Lipinski definition) is 5. The SMILES string of the molecule is CC(C)(N)CC(=O)N[C@@H]1CCc2ccccc2N(Cc2ccc(-c3ccccc3NC(=O)NN)cc2)C1=O. The van der Waals surface area contributed by atoms with E-state index in [1.807, 2.05) is 66.7 Å². The van der Waals surface area contributed by atoms with Gasteiger partial charge in [0.25, 0.3) is 0 Å². The van der Waals surface area contributed by atoms with Crippen LogP contribution in [0.5, 0.6) is 0 Å². The maximum atomic E-state index is 13.7. The van der Waals surface area contributed by atoms with Crippen molar-refractivity contribution in [2.24, 2.45) is 11.6 Å². The average Bonchev–Trinajstić information content (AvgIpc) is 3.01. The predicted octanol–water partition coefficient (Wildman–Crippen LogP) is 3.44. The first-order valence-electron chi connectivity index (χ1n) is 12.6. The largest absolute Gasteiger partial charge is 0.344 e. The summed E-state index contributed by atoms with van der Waals surface area (Å²) in [7, 11) is 0. The molecule has 7 N–H and O–H groups in total. The van der Waals surface area contributed by atoms with Gasteiger partial charge in [0.15, 0.2) is 0 Å². The Bertz CT molecular complexity index is 1320. The first-order chi connectivity index (χ1) is 18.1. The maximum absolute atomic E-state index is 13.7. The number of rotatable bonds is 7. The predicted molar refractivity (Wildman–Crippen MR) is 149 cm³/mol. The van der Waals surface area contributed by atoms with Crippen molar-refractivity contribution in [2.45, 2.75) is 51.2 Å². The molecule has 0 saturated carbocycles. The van der Waals surface area contributed by atoms with Crippen molar-refractivity contribution in [1.29, 1.82) is 0 Å². The summed E-state index contributed by atoms with van der Waals surface area (Å²) < 4.78 is 0. The molecule has 0 bridgehead atoms. The Morgan fingerprint density at radius 1 is 1.00 bits per heavy atom. The van der Waals surface area contributed by atoms with Crippen molar-refractivity contribution < 1.29 is 14.4 Å². The van der Waals surface area contributed by atoms with E-state index in [-0.39, 0.29) is 18.2 Å². The van der Waals surface area contributed by atoms with Gasteiger partial charge in [0.05, 0.1) is 12.2 Å². The summed E-state index contributed by atoms with van der Waals surface area (Å²) in [6.07, 6.45) is 1.32. The molecule has 3 aromatic rings. The number of benzene rings is 3. The van der Waals surface area contributed by atoms with Gasteiger partial charge in [-0.05, 0) is 55.5 Å². The number of anilines is 2. The smallest absolute Gasteiger partial charge is 0.333 e. The first kappa shape index (κ1) is 26.8. The highest BCUT2D eigenvalue weighted by Crippen LogP contribution is 2.31. The van der Waals surface area contributed by atoms with Gasteiger partial charge in [-0.1, -0.05) is 60.7 Å². The molecule has 0 saturated heterocycles. The average molecular weight is 515 g/mol. The standard InChI is InChI=1S/C29H34N6O3/c1-29(2,30)17-26(36)32-24-16-15-21-7-3-6-10-25(21)35(27(24)37)18-19-11-13-20(14-12-19)22-8-4-5-9-23(22)33-28(38)34-31/h3-14,24H,15-18,30-31H2,1-2H3,(H,32,36)(H2,33,34,38)/t24-/m1/s1. The van der Waals surface area contributed by atoms with E-state index in [1.54, 1.807) is 24.8 Å². The fraction of sp³-hybridized carbons (Fsp3) is 0.276. The molecule has 0 spiro atoms. The fourth-order valence-electron chi connectivity index (χ4n) is 4.65. The molecule has 3 aromatic carbocycles. The van der Waals surface area contributed by atoms with Crippen LogP contribution in [0.4, 0.5) is 16.2 Å². The molecular formula is C29H34N6O3. The van der Waals surface area contributed by atoms with Crippen molar-refractivity contribution in [1.82, 2.24) is 10.7 Å². The highest BCUT2D eigenvalue weighted by molar-refractivity contribution is 6.00. The second-order valence-electron chi connectivity index (χ2n) is 10.2. The van der Waals surface area contributed by atoms with Gasteiger partial charge < -0.3 is 21.3 Å². The number of aryl methyl sites for hydroxylation is 1. The minimum Gasteiger partial charge on any atom is -0.344 e. The number of carbonyl (C=O) groups is 3. The molecule has 4 rings (SSSR count). The summed E-state index contributed by atoms with van der Waals surface area (Å²) in [6.45, 7) is 3.92. The van der Waals surface area contributed by atoms with Crippen LogP contribution in [0.25, 0.3) is 11.1 Å². The third kappa shape index (κ3) is 6.56. The third-order valence-corrected chi connectivity index (χ3v) is 6.41. The van der Waals surface area contributed by atoms with E-state index < -0.39 is 17.6 Å². The zero-order chi connectivity index (χ0) is 27.3. The van der Waals surface area contributed by atoms with Gasteiger partial charge in [0, 0.05) is 23.2 Å². The molecule has 0 fully saturated rings. The Morgan fingerprint density at radius 3 is 2.39 bits per heavy atom. The van der Waals surface area contributed by atoms with Crippen molar-refractivity contribution in [3.05, 3.63) is 83.9 Å². The Balaban J connectivity index is 1.57. The molecule has 0 radical (unpaired) electrons. The second-order valence-corrected chi connectivity index (χ2v) is 10.2. The number of hydrogen-bond acceptors (Lipinski definition) is 5. The summed E-state index contributed by atoms with van der Waals surface area (Å²) in [5.41, 5.74) is 12.6. The summed E-state index contributed by atoms with van der Waals surface area (Å²) in [6, 6.07) is 21.9. The van der Waals surface area contributed by atoms with Crippen molar-refractivity contribution in [2.75, 3.05) is 10.2 Å². The molecule has 38 heavy (non-hydrogen) atoms. The zero-order valence-corrected chi connectivity index (χ0v) is 21.7. The Hall–Kier alpha value is -4.21. The van der Waals surface area contributed by atoms with Gasteiger partial charge in [-0.3, -0.25) is 15.0 Å². The Labute approximate surface area is 222 Å². The molecule has 1 aliphatic rings. The van der Waals surface area contributed by atoms with E-state index in [0.29, 0.717) is 25.1 Å². The second kappa shape index (κ2) is 11.5. The molecule has 0 aromatic heterocycles. The lowest BCUT2D eigenvalue weighted by atomic mass is 10.0. The van der Waals surface area contributed by atoms with Crippen LogP contribution in [-0.2, 0) is 22.6 Å². The number of amides is 4. The summed E-state index contributed by atoms with van der Waals surface area (Å²) in [5.74, 6) is 4.83. The van der Waals surface area contributed by atoms with Gasteiger partial charge in [-0.25, -0.2) is 10.6 Å². The van der Waals surface area contributed by atoms with Crippen LogP contribution in [0.3, 0.4) is 0 Å². The summed E-state index contributed by atoms with van der Waals surface area (Å²) in [4.78, 5) is 39.8. The quantitative estimate of drug-likeness (QED) is 0.186. The molecule has 198 valence electrons. The van der Waals surface area contributed by atoms with E-state index in [4.69, 9.17) is 11.6 Å². The third-order valence-electron chi connectivity index (χ3n) is 6.41. The van der Waals surface area contributed by atoms with E-state index in [2.05, 4.69) is 16.1 Å². The van der Waals surface area contributed by atoms with Crippen LogP contribution in [0.2, 0.25) is 0 Å². The number of carbonyl (C=O) groups excluding carboxylic acids is 3. The fourth-order valence-corrected chi connectivity index (χ4v) is 4.65. The minimum absolute atomic E-state index is 0.133. The lowest BCUT2D eigenvalue weighted by Gasteiger charge is -2.27. The molecule has 0 aliphatic carbocycles. The zero-order valence-electron chi connectivity index (χ0n) is 21.7. The topological polar surface area (TPSA) is 143 Å².